The lowest BCUT2D eigenvalue weighted by atomic mass is 10.3. The molecule has 19 heavy (non-hydrogen) atoms. The fourth-order valence-electron chi connectivity index (χ4n) is 1.52. The minimum atomic E-state index is -3.31. The van der Waals surface area contributed by atoms with Gasteiger partial charge < -0.3 is 23.6 Å². The first-order valence-corrected chi connectivity index (χ1v) is 8.09. The van der Waals surface area contributed by atoms with Crippen molar-refractivity contribution in [2.24, 2.45) is 0 Å². The highest BCUT2D eigenvalue weighted by Crippen LogP contribution is 2.50. The highest BCUT2D eigenvalue weighted by molar-refractivity contribution is 7.53. The number of aliphatic hydroxyl groups is 1. The monoisotopic (exact) mass is 294 g/mol. The quantitative estimate of drug-likeness (QED) is 0.573. The van der Waals surface area contributed by atoms with Gasteiger partial charge in [-0.3, -0.25) is 4.57 Å². The van der Waals surface area contributed by atoms with Crippen LogP contribution in [-0.4, -0.2) is 42.7 Å². The minimum absolute atomic E-state index is 0.154. The Morgan fingerprint density at radius 1 is 1.26 bits per heavy atom. The molecule has 0 amide bonds. The van der Waals surface area contributed by atoms with Crippen LogP contribution in [0.1, 0.15) is 27.7 Å². The fraction of sp³-hybridized carbons (Fsp3) is 0.833. The van der Waals surface area contributed by atoms with E-state index in [0.717, 1.165) is 0 Å². The Kier molecular flexibility index (Phi) is 6.66. The van der Waals surface area contributed by atoms with Crippen LogP contribution in [-0.2, 0) is 23.1 Å². The second kappa shape index (κ2) is 7.53. The van der Waals surface area contributed by atoms with Gasteiger partial charge in [0.15, 0.2) is 12.6 Å². The fourth-order valence-corrected chi connectivity index (χ4v) is 3.31. The zero-order chi connectivity index (χ0) is 14.5. The zero-order valence-electron chi connectivity index (χ0n) is 11.8. The Balaban J connectivity index is 2.53. The van der Waals surface area contributed by atoms with E-state index in [-0.39, 0.29) is 25.2 Å². The van der Waals surface area contributed by atoms with Crippen LogP contribution in [0.3, 0.4) is 0 Å². The van der Waals surface area contributed by atoms with E-state index in [1.54, 1.807) is 39.8 Å². The van der Waals surface area contributed by atoms with Crippen molar-refractivity contribution >= 4 is 7.60 Å². The lowest BCUT2D eigenvalue weighted by Gasteiger charge is -2.26. The largest absolute Gasteiger partial charge is 0.387 e. The number of hydrogen-bond donors (Lipinski definition) is 1. The summed E-state index contributed by atoms with van der Waals surface area (Å²) in [6, 6.07) is 0. The van der Waals surface area contributed by atoms with Crippen molar-refractivity contribution < 1.29 is 28.2 Å². The third kappa shape index (κ3) is 6.65. The van der Waals surface area contributed by atoms with Gasteiger partial charge in [-0.05, 0) is 33.8 Å². The summed E-state index contributed by atoms with van der Waals surface area (Å²) in [5, 5.41) is 9.22. The first-order valence-electron chi connectivity index (χ1n) is 6.36. The molecule has 0 aliphatic carbocycles. The van der Waals surface area contributed by atoms with E-state index in [9.17, 15) is 9.67 Å². The van der Waals surface area contributed by atoms with Gasteiger partial charge in [-0.15, -0.1) is 0 Å². The maximum Gasteiger partial charge on any atom is 0.356 e. The van der Waals surface area contributed by atoms with E-state index < -0.39 is 20.0 Å². The van der Waals surface area contributed by atoms with Gasteiger partial charge in [0, 0.05) is 0 Å². The molecule has 0 bridgehead atoms. The summed E-state index contributed by atoms with van der Waals surface area (Å²) in [4.78, 5) is 0. The van der Waals surface area contributed by atoms with Gasteiger partial charge in [0.25, 0.3) is 0 Å². The Morgan fingerprint density at radius 2 is 1.84 bits per heavy atom. The van der Waals surface area contributed by atoms with Crippen molar-refractivity contribution in [1.29, 1.82) is 0 Å². The third-order valence-corrected chi connectivity index (χ3v) is 4.01. The SMILES string of the molecule is CC(C)OP(=O)(CO[C@H]1C=C[C@H](O)CO1)OC(C)C. The number of hydrogen-bond acceptors (Lipinski definition) is 6. The second-order valence-corrected chi connectivity index (χ2v) is 6.77. The van der Waals surface area contributed by atoms with Crippen LogP contribution >= 0.6 is 7.60 Å². The highest BCUT2D eigenvalue weighted by atomic mass is 31.2. The predicted octanol–water partition coefficient (Wildman–Crippen LogP) is 2.28. The van der Waals surface area contributed by atoms with Crippen LogP contribution in [0.15, 0.2) is 12.2 Å². The number of ether oxygens (including phenoxy) is 2. The minimum Gasteiger partial charge on any atom is -0.387 e. The molecule has 0 radical (unpaired) electrons. The summed E-state index contributed by atoms with van der Waals surface area (Å²) in [6.45, 7) is 7.28. The van der Waals surface area contributed by atoms with Crippen molar-refractivity contribution in [3.8, 4) is 0 Å². The van der Waals surface area contributed by atoms with Gasteiger partial charge in [0.1, 0.15) is 0 Å². The molecule has 0 aromatic heterocycles. The van der Waals surface area contributed by atoms with Crippen LogP contribution in [0.2, 0.25) is 0 Å². The van der Waals surface area contributed by atoms with E-state index >= 15 is 0 Å². The van der Waals surface area contributed by atoms with E-state index in [1.165, 1.54) is 0 Å². The molecule has 0 unspecified atom stereocenters. The summed E-state index contributed by atoms with van der Waals surface area (Å²) in [7, 11) is -3.31. The Morgan fingerprint density at radius 3 is 2.26 bits per heavy atom. The van der Waals surface area contributed by atoms with Crippen LogP contribution in [0, 0.1) is 0 Å². The molecule has 0 aromatic carbocycles. The van der Waals surface area contributed by atoms with Gasteiger partial charge in [-0.25, -0.2) is 0 Å². The molecule has 0 saturated heterocycles. The van der Waals surface area contributed by atoms with E-state index in [4.69, 9.17) is 18.5 Å². The molecule has 7 heteroatoms. The van der Waals surface area contributed by atoms with Gasteiger partial charge in [0.05, 0.1) is 24.9 Å². The lowest BCUT2D eigenvalue weighted by Crippen LogP contribution is -2.27. The molecular formula is C12H23O6P. The van der Waals surface area contributed by atoms with E-state index in [0.29, 0.717) is 0 Å². The molecule has 2 atom stereocenters. The normalized spacial score (nSPS) is 24.4. The van der Waals surface area contributed by atoms with Gasteiger partial charge in [-0.1, -0.05) is 6.08 Å². The Labute approximate surface area is 114 Å². The van der Waals surface area contributed by atoms with Gasteiger partial charge in [-0.2, -0.15) is 0 Å². The van der Waals surface area contributed by atoms with Crippen molar-refractivity contribution in [3.05, 3.63) is 12.2 Å². The van der Waals surface area contributed by atoms with E-state index in [2.05, 4.69) is 0 Å². The highest BCUT2D eigenvalue weighted by Gasteiger charge is 2.30. The molecule has 0 spiro atoms. The van der Waals surface area contributed by atoms with Crippen LogP contribution in [0.25, 0.3) is 0 Å². The molecule has 112 valence electrons. The van der Waals surface area contributed by atoms with Gasteiger partial charge in [0.2, 0.25) is 0 Å². The van der Waals surface area contributed by atoms with Crippen molar-refractivity contribution in [2.75, 3.05) is 13.0 Å². The molecule has 0 fully saturated rings. The molecule has 1 N–H and O–H groups in total. The smallest absolute Gasteiger partial charge is 0.356 e. The lowest BCUT2D eigenvalue weighted by molar-refractivity contribution is -0.125. The summed E-state index contributed by atoms with van der Waals surface area (Å²) in [5.41, 5.74) is 0. The number of aliphatic hydroxyl groups excluding tert-OH is 1. The summed E-state index contributed by atoms with van der Waals surface area (Å²) >= 11 is 0. The van der Waals surface area contributed by atoms with Crippen molar-refractivity contribution in [3.63, 3.8) is 0 Å². The molecule has 0 aromatic rings. The van der Waals surface area contributed by atoms with E-state index in [1.807, 2.05) is 0 Å². The van der Waals surface area contributed by atoms with Crippen molar-refractivity contribution in [1.82, 2.24) is 0 Å². The summed E-state index contributed by atoms with van der Waals surface area (Å²) in [6.07, 6.45) is 1.26. The molecule has 0 saturated carbocycles. The second-order valence-electron chi connectivity index (χ2n) is 4.87. The Hall–Kier alpha value is -0.230. The predicted molar refractivity (Wildman–Crippen MR) is 70.9 cm³/mol. The van der Waals surface area contributed by atoms with Crippen molar-refractivity contribution in [2.45, 2.75) is 52.3 Å². The maximum atomic E-state index is 12.4. The average Bonchev–Trinajstić information content (AvgIpc) is 2.26. The standard InChI is InChI=1S/C12H23O6P/c1-9(2)17-19(14,18-10(3)4)8-16-12-6-5-11(13)7-15-12/h5-6,9-13H,7-8H2,1-4H3/t11-,12-/m0/s1. The average molecular weight is 294 g/mol. The first kappa shape index (κ1) is 16.8. The van der Waals surface area contributed by atoms with Crippen LogP contribution < -0.4 is 0 Å². The molecule has 1 heterocycles. The maximum absolute atomic E-state index is 12.4. The molecular weight excluding hydrogens is 271 g/mol. The third-order valence-electron chi connectivity index (χ3n) is 2.06. The van der Waals surface area contributed by atoms with Crippen LogP contribution in [0.4, 0.5) is 0 Å². The number of rotatable bonds is 7. The topological polar surface area (TPSA) is 74.2 Å². The Bertz CT molecular complexity index is 327. The first-order chi connectivity index (χ1) is 8.81. The molecule has 1 aliphatic heterocycles. The molecule has 1 aliphatic rings. The van der Waals surface area contributed by atoms with Crippen LogP contribution in [0.5, 0.6) is 0 Å². The summed E-state index contributed by atoms with van der Waals surface area (Å²) < 4.78 is 33.7. The zero-order valence-corrected chi connectivity index (χ0v) is 12.7. The molecule has 1 rings (SSSR count). The summed E-state index contributed by atoms with van der Waals surface area (Å²) in [5.74, 6) is 0. The molecule has 6 nitrogen and oxygen atoms in total. The van der Waals surface area contributed by atoms with Gasteiger partial charge >= 0.3 is 7.60 Å².